The van der Waals surface area contributed by atoms with Gasteiger partial charge >= 0.3 is 7.82 Å². The van der Waals surface area contributed by atoms with Crippen molar-refractivity contribution in [2.45, 2.75) is 51.5 Å². The Morgan fingerprint density at radius 3 is 2.87 bits per heavy atom. The molecule has 31 heavy (non-hydrogen) atoms. The molecule has 5 atom stereocenters. The predicted octanol–water partition coefficient (Wildman–Crippen LogP) is 2.54. The average Bonchev–Trinajstić information content (AvgIpc) is 2.95. The van der Waals surface area contributed by atoms with Gasteiger partial charge in [-0.15, -0.1) is 0 Å². The number of hydrogen-bond donors (Lipinski definition) is 3. The van der Waals surface area contributed by atoms with Gasteiger partial charge in [-0.05, 0) is 44.1 Å². The second kappa shape index (κ2) is 9.07. The zero-order chi connectivity index (χ0) is 23.0. The number of phosphoric ester groups is 1. The highest BCUT2D eigenvalue weighted by Gasteiger charge is 2.57. The van der Waals surface area contributed by atoms with Gasteiger partial charge < -0.3 is 19.5 Å². The number of allylic oxidation sites excluding steroid dienone is 2. The molecule has 13 heteroatoms. The number of aromatic nitrogens is 2. The third-order valence-corrected chi connectivity index (χ3v) is 6.41. The van der Waals surface area contributed by atoms with Crippen LogP contribution in [0, 0.1) is 11.7 Å². The molecule has 0 saturated carbocycles. The van der Waals surface area contributed by atoms with Gasteiger partial charge in [0, 0.05) is 11.8 Å². The van der Waals surface area contributed by atoms with E-state index in [2.05, 4.69) is 4.98 Å². The quantitative estimate of drug-likeness (QED) is 0.417. The van der Waals surface area contributed by atoms with Gasteiger partial charge in [0.1, 0.15) is 24.6 Å². The number of hydrogen-bond acceptors (Lipinski definition) is 9. The highest BCUT2D eigenvalue weighted by Crippen LogP contribution is 2.56. The molecular formula is C18H24FN2O8PS. The molecule has 3 rings (SSSR count). The summed E-state index contributed by atoms with van der Waals surface area (Å²) < 4.78 is 49.8. The van der Waals surface area contributed by atoms with E-state index in [-0.39, 0.29) is 22.7 Å². The van der Waals surface area contributed by atoms with Crippen molar-refractivity contribution >= 4 is 20.0 Å². The maximum atomic E-state index is 15.4. The van der Waals surface area contributed by atoms with Crippen molar-refractivity contribution in [2.24, 2.45) is 0 Å². The molecule has 2 aliphatic heterocycles. The van der Waals surface area contributed by atoms with Crippen molar-refractivity contribution in [3.8, 4) is 0 Å². The zero-order valence-corrected chi connectivity index (χ0v) is 18.8. The smallest absolute Gasteiger partial charge is 0.404 e. The van der Waals surface area contributed by atoms with Crippen LogP contribution in [0.2, 0.25) is 0 Å². The largest absolute Gasteiger partial charge is 0.530 e. The standard InChI is InChI=1S/C18H24FN2O8PS/c1-4-5-6-12-11(3)8-26-30(25,29-12)27-9-18(19)14(23)13(22)16(28-18)21-7-10(2)15(24)20-17(21)31/h5-7,13-14,16,22-23H,4,8-9H2,1-3H3,(H,20,24,31)/b6-5-/t13-,14+,16-,18-,30?/m1/s1. The van der Waals surface area contributed by atoms with Crippen LogP contribution in [0.3, 0.4) is 0 Å². The molecule has 0 amide bonds. The highest BCUT2D eigenvalue weighted by atomic mass is 32.1. The SMILES string of the molecule is CC/C=C\C1=C(C)COP(=O)(OC[C@@]2(F)O[C@@H](n3cc(C)c(=O)[nH]c3=S)[C@H](O)[C@@H]2O)O1. The molecule has 0 bridgehead atoms. The lowest BCUT2D eigenvalue weighted by atomic mass is 10.1. The van der Waals surface area contributed by atoms with Crippen molar-refractivity contribution in [3.05, 3.63) is 50.4 Å². The van der Waals surface area contributed by atoms with Gasteiger partial charge in [-0.2, -0.15) is 0 Å². The summed E-state index contributed by atoms with van der Waals surface area (Å²) in [6, 6.07) is 0. The van der Waals surface area contributed by atoms with Crippen LogP contribution in [0.15, 0.2) is 34.5 Å². The van der Waals surface area contributed by atoms with E-state index in [9.17, 15) is 19.6 Å². The van der Waals surface area contributed by atoms with Crippen LogP contribution in [0.5, 0.6) is 0 Å². The molecule has 3 heterocycles. The maximum Gasteiger partial charge on any atom is 0.530 e. The third-order valence-electron chi connectivity index (χ3n) is 4.79. The van der Waals surface area contributed by atoms with Gasteiger partial charge in [-0.3, -0.25) is 23.4 Å². The van der Waals surface area contributed by atoms with E-state index < -0.39 is 44.3 Å². The molecule has 2 aliphatic rings. The maximum absolute atomic E-state index is 15.4. The molecule has 1 aromatic heterocycles. The monoisotopic (exact) mass is 478 g/mol. The van der Waals surface area contributed by atoms with Gasteiger partial charge in [0.15, 0.2) is 11.0 Å². The molecule has 3 N–H and O–H groups in total. The molecule has 0 spiro atoms. The lowest BCUT2D eigenvalue weighted by Crippen LogP contribution is -2.43. The minimum absolute atomic E-state index is 0.0551. The van der Waals surface area contributed by atoms with Crippen molar-refractivity contribution in [3.63, 3.8) is 0 Å². The second-order valence-corrected chi connectivity index (χ2v) is 9.23. The fourth-order valence-electron chi connectivity index (χ4n) is 2.97. The van der Waals surface area contributed by atoms with Gasteiger partial charge in [0.05, 0.1) is 6.61 Å². The summed E-state index contributed by atoms with van der Waals surface area (Å²) in [5.74, 6) is -2.67. The van der Waals surface area contributed by atoms with E-state index in [1.165, 1.54) is 13.1 Å². The summed E-state index contributed by atoms with van der Waals surface area (Å²) in [7, 11) is -4.20. The number of alkyl halides is 1. The summed E-state index contributed by atoms with van der Waals surface area (Å²) in [6.45, 7) is 4.00. The van der Waals surface area contributed by atoms with Crippen LogP contribution in [0.4, 0.5) is 4.39 Å². The van der Waals surface area contributed by atoms with Crippen LogP contribution in [0.1, 0.15) is 32.1 Å². The number of ether oxygens (including phenoxy) is 1. The van der Waals surface area contributed by atoms with E-state index in [0.29, 0.717) is 12.0 Å². The van der Waals surface area contributed by atoms with E-state index in [1.54, 1.807) is 19.1 Å². The van der Waals surface area contributed by atoms with Crippen molar-refractivity contribution in [1.29, 1.82) is 0 Å². The van der Waals surface area contributed by atoms with E-state index in [1.807, 2.05) is 6.92 Å². The normalized spacial score (nSPS) is 33.8. The van der Waals surface area contributed by atoms with Crippen molar-refractivity contribution in [2.75, 3.05) is 13.2 Å². The molecule has 10 nitrogen and oxygen atoms in total. The third kappa shape index (κ3) is 4.90. The minimum Gasteiger partial charge on any atom is -0.404 e. The Bertz CT molecular complexity index is 1070. The zero-order valence-electron chi connectivity index (χ0n) is 17.1. The van der Waals surface area contributed by atoms with E-state index in [4.69, 9.17) is 30.5 Å². The molecule has 1 unspecified atom stereocenters. The molecule has 1 saturated heterocycles. The average molecular weight is 478 g/mol. The number of phosphoric acid groups is 1. The lowest BCUT2D eigenvalue weighted by molar-refractivity contribution is -0.205. The number of aryl methyl sites for hydroxylation is 1. The molecular weight excluding hydrogens is 454 g/mol. The summed E-state index contributed by atoms with van der Waals surface area (Å²) in [5, 5.41) is 20.6. The number of rotatable bonds is 6. The number of H-pyrrole nitrogens is 1. The number of aromatic amines is 1. The first kappa shape index (κ1) is 24.0. The van der Waals surface area contributed by atoms with Crippen molar-refractivity contribution in [1.82, 2.24) is 9.55 Å². The molecule has 0 aromatic carbocycles. The van der Waals surface area contributed by atoms with E-state index in [0.717, 1.165) is 4.57 Å². The number of nitrogens with zero attached hydrogens (tertiary/aromatic N) is 1. The lowest BCUT2D eigenvalue weighted by Gasteiger charge is -2.28. The van der Waals surface area contributed by atoms with Gasteiger partial charge in [0.2, 0.25) is 0 Å². The summed E-state index contributed by atoms with van der Waals surface area (Å²) in [5.41, 5.74) is 0.449. The van der Waals surface area contributed by atoms with Crippen LogP contribution < -0.4 is 5.56 Å². The minimum atomic E-state index is -4.20. The fourth-order valence-corrected chi connectivity index (χ4v) is 4.54. The Balaban J connectivity index is 1.77. The molecule has 0 radical (unpaired) electrons. The first-order valence-electron chi connectivity index (χ1n) is 9.49. The second-order valence-electron chi connectivity index (χ2n) is 7.25. The highest BCUT2D eigenvalue weighted by molar-refractivity contribution is 7.71. The summed E-state index contributed by atoms with van der Waals surface area (Å²) in [4.78, 5) is 14.0. The number of aliphatic hydroxyl groups excluding tert-OH is 2. The summed E-state index contributed by atoms with van der Waals surface area (Å²) in [6.07, 6.45) is 0.0806. The Labute approximate surface area is 182 Å². The van der Waals surface area contributed by atoms with Crippen LogP contribution >= 0.6 is 20.0 Å². The number of aliphatic hydroxyl groups is 2. The van der Waals surface area contributed by atoms with Crippen LogP contribution in [-0.2, 0) is 22.9 Å². The van der Waals surface area contributed by atoms with Gasteiger partial charge in [-0.1, -0.05) is 13.0 Å². The van der Waals surface area contributed by atoms with Crippen molar-refractivity contribution < 1.29 is 37.5 Å². The topological polar surface area (TPSA) is 132 Å². The van der Waals surface area contributed by atoms with Gasteiger partial charge in [-0.25, -0.2) is 8.96 Å². The Hall–Kier alpha value is -1.66. The Morgan fingerprint density at radius 1 is 1.48 bits per heavy atom. The first-order valence-corrected chi connectivity index (χ1v) is 11.4. The Morgan fingerprint density at radius 2 is 2.19 bits per heavy atom. The van der Waals surface area contributed by atoms with Gasteiger partial charge in [0.25, 0.3) is 11.4 Å². The molecule has 172 valence electrons. The molecule has 1 aromatic rings. The van der Waals surface area contributed by atoms with E-state index >= 15 is 4.39 Å². The molecule has 1 fully saturated rings. The molecule has 0 aliphatic carbocycles. The number of nitrogens with one attached hydrogen (secondary N) is 1. The first-order chi connectivity index (χ1) is 14.5. The summed E-state index contributed by atoms with van der Waals surface area (Å²) >= 11 is 5.03. The predicted molar refractivity (Wildman–Crippen MR) is 109 cm³/mol. The Kier molecular flexibility index (Phi) is 7.02. The fraction of sp³-hybridized carbons (Fsp3) is 0.556. The number of halogens is 1. The van der Waals surface area contributed by atoms with Crippen LogP contribution in [0.25, 0.3) is 0 Å². The van der Waals surface area contributed by atoms with Crippen LogP contribution in [-0.4, -0.2) is 51.0 Å².